The molecule has 1 N–H and O–H groups in total. The standard InChI is InChI=1S/C13H17NO3/c1-14(9-13(15)16)8-12-11-5-3-2-4-10(11)6-7-17-12/h2-5,12H,6-9H2,1H3,(H,15,16)/t12-/m1/s1. The number of carbonyl (C=O) groups is 1. The lowest BCUT2D eigenvalue weighted by Gasteiger charge is -2.29. The molecule has 0 amide bonds. The minimum absolute atomic E-state index is 0.00991. The van der Waals surface area contributed by atoms with E-state index in [1.54, 1.807) is 11.9 Å². The van der Waals surface area contributed by atoms with Crippen LogP contribution in [-0.4, -0.2) is 42.7 Å². The average Bonchev–Trinajstić information content (AvgIpc) is 2.28. The Balaban J connectivity index is 2.05. The molecule has 0 unspecified atom stereocenters. The topological polar surface area (TPSA) is 49.8 Å². The zero-order valence-corrected chi connectivity index (χ0v) is 9.93. The molecule has 0 bridgehead atoms. The Morgan fingerprint density at radius 1 is 1.53 bits per heavy atom. The van der Waals surface area contributed by atoms with Gasteiger partial charge in [0.1, 0.15) is 0 Å². The average molecular weight is 235 g/mol. The summed E-state index contributed by atoms with van der Waals surface area (Å²) in [5.41, 5.74) is 2.50. The molecule has 4 heteroatoms. The maximum atomic E-state index is 10.6. The minimum Gasteiger partial charge on any atom is -0.480 e. The number of likely N-dealkylation sites (N-methyl/N-ethyl adjacent to an activating group) is 1. The summed E-state index contributed by atoms with van der Waals surface area (Å²) in [6.45, 7) is 1.37. The van der Waals surface area contributed by atoms with E-state index in [0.717, 1.165) is 6.42 Å². The molecule has 0 saturated carbocycles. The molecule has 0 aliphatic carbocycles. The van der Waals surface area contributed by atoms with E-state index >= 15 is 0 Å². The Bertz CT molecular complexity index is 405. The highest BCUT2D eigenvalue weighted by molar-refractivity contribution is 5.69. The van der Waals surface area contributed by atoms with Crippen LogP contribution in [0.4, 0.5) is 0 Å². The number of rotatable bonds is 4. The molecule has 17 heavy (non-hydrogen) atoms. The van der Waals surface area contributed by atoms with E-state index < -0.39 is 5.97 Å². The lowest BCUT2D eigenvalue weighted by atomic mass is 9.97. The molecule has 4 nitrogen and oxygen atoms in total. The molecule has 0 spiro atoms. The van der Waals surface area contributed by atoms with Gasteiger partial charge in [0, 0.05) is 6.54 Å². The summed E-state index contributed by atoms with van der Waals surface area (Å²) >= 11 is 0. The van der Waals surface area contributed by atoms with Crippen LogP contribution >= 0.6 is 0 Å². The number of nitrogens with zero attached hydrogens (tertiary/aromatic N) is 1. The van der Waals surface area contributed by atoms with Crippen LogP contribution in [0.15, 0.2) is 24.3 Å². The normalized spacial score (nSPS) is 19.1. The number of hydrogen-bond acceptors (Lipinski definition) is 3. The third kappa shape index (κ3) is 3.05. The van der Waals surface area contributed by atoms with Crippen molar-refractivity contribution in [2.45, 2.75) is 12.5 Å². The van der Waals surface area contributed by atoms with Gasteiger partial charge in [-0.2, -0.15) is 0 Å². The van der Waals surface area contributed by atoms with Gasteiger partial charge in [-0.25, -0.2) is 0 Å². The van der Waals surface area contributed by atoms with E-state index in [4.69, 9.17) is 9.84 Å². The molecule has 0 aromatic heterocycles. The van der Waals surface area contributed by atoms with Crippen molar-refractivity contribution in [3.8, 4) is 0 Å². The number of carboxylic acid groups (broad SMARTS) is 1. The van der Waals surface area contributed by atoms with Crippen LogP contribution in [0.1, 0.15) is 17.2 Å². The molecule has 0 radical (unpaired) electrons. The van der Waals surface area contributed by atoms with Crippen LogP contribution in [0.25, 0.3) is 0 Å². The maximum absolute atomic E-state index is 10.6. The number of benzene rings is 1. The van der Waals surface area contributed by atoms with Crippen LogP contribution in [0, 0.1) is 0 Å². The molecule has 1 atom stereocenters. The van der Waals surface area contributed by atoms with Crippen LogP contribution in [0.2, 0.25) is 0 Å². The molecule has 2 rings (SSSR count). The van der Waals surface area contributed by atoms with Gasteiger partial charge in [0.2, 0.25) is 0 Å². The first-order valence-corrected chi connectivity index (χ1v) is 5.76. The van der Waals surface area contributed by atoms with Crippen molar-refractivity contribution in [2.24, 2.45) is 0 Å². The summed E-state index contributed by atoms with van der Waals surface area (Å²) < 4.78 is 5.72. The van der Waals surface area contributed by atoms with Gasteiger partial charge in [0.25, 0.3) is 0 Å². The van der Waals surface area contributed by atoms with Gasteiger partial charge in [0.15, 0.2) is 0 Å². The Kier molecular flexibility index (Phi) is 3.76. The minimum atomic E-state index is -0.809. The summed E-state index contributed by atoms with van der Waals surface area (Å²) in [7, 11) is 1.80. The van der Waals surface area contributed by atoms with Gasteiger partial charge in [-0.05, 0) is 24.6 Å². The predicted octanol–water partition coefficient (Wildman–Crippen LogP) is 1.32. The van der Waals surface area contributed by atoms with Gasteiger partial charge in [-0.1, -0.05) is 24.3 Å². The smallest absolute Gasteiger partial charge is 0.317 e. The summed E-state index contributed by atoms with van der Waals surface area (Å²) in [6.07, 6.45) is 0.930. The molecule has 0 fully saturated rings. The third-order valence-corrected chi connectivity index (χ3v) is 2.98. The monoisotopic (exact) mass is 235 g/mol. The summed E-state index contributed by atoms with van der Waals surface area (Å²) in [5, 5.41) is 8.73. The Hall–Kier alpha value is -1.39. The van der Waals surface area contributed by atoms with E-state index in [0.29, 0.717) is 13.2 Å². The molecule has 1 aliphatic rings. The van der Waals surface area contributed by atoms with Crippen molar-refractivity contribution in [3.05, 3.63) is 35.4 Å². The van der Waals surface area contributed by atoms with Crippen molar-refractivity contribution in [1.29, 1.82) is 0 Å². The molecule has 1 aliphatic heterocycles. The highest BCUT2D eigenvalue weighted by atomic mass is 16.5. The third-order valence-electron chi connectivity index (χ3n) is 2.98. The quantitative estimate of drug-likeness (QED) is 0.855. The van der Waals surface area contributed by atoms with Crippen LogP contribution in [-0.2, 0) is 16.0 Å². The summed E-state index contributed by atoms with van der Waals surface area (Å²) in [4.78, 5) is 12.4. The highest BCUT2D eigenvalue weighted by Crippen LogP contribution is 2.27. The first kappa shape index (κ1) is 12.1. The number of aliphatic carboxylic acids is 1. The van der Waals surface area contributed by atoms with Gasteiger partial charge in [-0.15, -0.1) is 0 Å². The number of ether oxygens (including phenoxy) is 1. The van der Waals surface area contributed by atoms with Crippen molar-refractivity contribution in [1.82, 2.24) is 4.90 Å². The second-order valence-corrected chi connectivity index (χ2v) is 4.40. The molecule has 92 valence electrons. The Morgan fingerprint density at radius 3 is 3.06 bits per heavy atom. The lowest BCUT2D eigenvalue weighted by molar-refractivity contribution is -0.138. The fraction of sp³-hybridized carbons (Fsp3) is 0.462. The first-order valence-electron chi connectivity index (χ1n) is 5.76. The summed E-state index contributed by atoms with van der Waals surface area (Å²) in [6, 6.07) is 8.20. The van der Waals surface area contributed by atoms with Crippen molar-refractivity contribution < 1.29 is 14.6 Å². The Labute approximate surface area is 101 Å². The predicted molar refractivity (Wildman–Crippen MR) is 64.0 cm³/mol. The second kappa shape index (κ2) is 5.29. The van der Waals surface area contributed by atoms with E-state index in [2.05, 4.69) is 12.1 Å². The molecule has 1 aromatic rings. The highest BCUT2D eigenvalue weighted by Gasteiger charge is 2.22. The van der Waals surface area contributed by atoms with E-state index in [-0.39, 0.29) is 12.6 Å². The van der Waals surface area contributed by atoms with Crippen molar-refractivity contribution in [3.63, 3.8) is 0 Å². The zero-order valence-electron chi connectivity index (χ0n) is 9.93. The van der Waals surface area contributed by atoms with E-state index in [1.165, 1.54) is 11.1 Å². The fourth-order valence-corrected chi connectivity index (χ4v) is 2.21. The van der Waals surface area contributed by atoms with Crippen LogP contribution in [0.3, 0.4) is 0 Å². The fourth-order valence-electron chi connectivity index (χ4n) is 2.21. The number of hydrogen-bond donors (Lipinski definition) is 1. The Morgan fingerprint density at radius 2 is 2.29 bits per heavy atom. The molecule has 1 heterocycles. The van der Waals surface area contributed by atoms with Gasteiger partial charge < -0.3 is 9.84 Å². The first-order chi connectivity index (χ1) is 8.16. The van der Waals surface area contributed by atoms with Gasteiger partial charge in [-0.3, -0.25) is 9.69 Å². The molecule has 0 saturated heterocycles. The van der Waals surface area contributed by atoms with Crippen LogP contribution in [0.5, 0.6) is 0 Å². The van der Waals surface area contributed by atoms with Crippen LogP contribution < -0.4 is 0 Å². The van der Waals surface area contributed by atoms with Crippen molar-refractivity contribution in [2.75, 3.05) is 26.7 Å². The SMILES string of the molecule is CN(CC(=O)O)C[C@H]1OCCc2ccccc21. The second-order valence-electron chi connectivity index (χ2n) is 4.40. The number of carboxylic acids is 1. The molecule has 1 aromatic carbocycles. The van der Waals surface area contributed by atoms with E-state index in [9.17, 15) is 4.79 Å². The molecular formula is C13H17NO3. The maximum Gasteiger partial charge on any atom is 0.317 e. The zero-order chi connectivity index (χ0) is 12.3. The van der Waals surface area contributed by atoms with Crippen molar-refractivity contribution >= 4 is 5.97 Å². The summed E-state index contributed by atoms with van der Waals surface area (Å²) in [5.74, 6) is -0.809. The van der Waals surface area contributed by atoms with Gasteiger partial charge >= 0.3 is 5.97 Å². The lowest BCUT2D eigenvalue weighted by Crippen LogP contribution is -2.32. The number of fused-ring (bicyclic) bond motifs is 1. The van der Waals surface area contributed by atoms with Gasteiger partial charge in [0.05, 0.1) is 19.3 Å². The largest absolute Gasteiger partial charge is 0.480 e. The molecular weight excluding hydrogens is 218 g/mol. The van der Waals surface area contributed by atoms with E-state index in [1.807, 2.05) is 12.1 Å².